The van der Waals surface area contributed by atoms with Crippen molar-refractivity contribution in [1.82, 2.24) is 4.98 Å². The number of ether oxygens (including phenoxy) is 3. The number of fused-ring (bicyclic) bond motifs is 1. The Bertz CT molecular complexity index is 793. The molecule has 1 aromatic heterocycles. The predicted molar refractivity (Wildman–Crippen MR) is 101 cm³/mol. The maximum Gasteiger partial charge on any atom is 0.341 e. The molecule has 2 unspecified atom stereocenters. The second-order valence-electron chi connectivity index (χ2n) is 6.69. The second-order valence-corrected chi connectivity index (χ2v) is 6.69. The highest BCUT2D eigenvalue weighted by Gasteiger charge is 2.30. The molecule has 6 nitrogen and oxygen atoms in total. The molecule has 6 heteroatoms. The number of aromatic nitrogens is 1. The summed E-state index contributed by atoms with van der Waals surface area (Å²) in [5.74, 6) is -0.346. The van der Waals surface area contributed by atoms with Crippen molar-refractivity contribution in [1.29, 1.82) is 0 Å². The van der Waals surface area contributed by atoms with Crippen LogP contribution in [0, 0.1) is 6.92 Å². The molecule has 1 aromatic carbocycles. The number of pyridine rings is 1. The number of nitrogens with zero attached hydrogens (tertiary/aromatic N) is 2. The molecule has 2 aromatic rings. The maximum atomic E-state index is 12.6. The molecule has 26 heavy (non-hydrogen) atoms. The van der Waals surface area contributed by atoms with Crippen LogP contribution >= 0.6 is 0 Å². The van der Waals surface area contributed by atoms with E-state index in [0.717, 1.165) is 22.2 Å². The Morgan fingerprint density at radius 2 is 2.19 bits per heavy atom. The Hall–Kier alpha value is -2.18. The van der Waals surface area contributed by atoms with Gasteiger partial charge in [-0.1, -0.05) is 11.6 Å². The average molecular weight is 358 g/mol. The van der Waals surface area contributed by atoms with E-state index in [9.17, 15) is 4.79 Å². The van der Waals surface area contributed by atoms with Gasteiger partial charge in [-0.2, -0.15) is 0 Å². The van der Waals surface area contributed by atoms with Gasteiger partial charge in [0.05, 0.1) is 36.6 Å². The van der Waals surface area contributed by atoms with Crippen molar-refractivity contribution in [2.24, 2.45) is 0 Å². The van der Waals surface area contributed by atoms with Crippen molar-refractivity contribution in [3.8, 4) is 0 Å². The van der Waals surface area contributed by atoms with E-state index in [1.54, 1.807) is 13.3 Å². The standard InChI is InChI=1S/C20H26N2O4/c1-5-25-20(23)17-9-21-18-7-6-13(2)8-16(18)19(17)22-10-14(3)26-15(11-22)12-24-4/h6-9,14-15H,5,10-12H2,1-4H3. The number of esters is 1. The lowest BCUT2D eigenvalue weighted by molar-refractivity contribution is -0.0510. The summed E-state index contributed by atoms with van der Waals surface area (Å²) in [5.41, 5.74) is 3.35. The van der Waals surface area contributed by atoms with Crippen LogP contribution in [-0.4, -0.2) is 56.6 Å². The molecule has 1 aliphatic rings. The van der Waals surface area contributed by atoms with Crippen molar-refractivity contribution < 1.29 is 19.0 Å². The first kappa shape index (κ1) is 18.6. The Kier molecular flexibility index (Phi) is 5.74. The van der Waals surface area contributed by atoms with Gasteiger partial charge in [0.1, 0.15) is 5.56 Å². The van der Waals surface area contributed by atoms with Gasteiger partial charge in [-0.15, -0.1) is 0 Å². The minimum Gasteiger partial charge on any atom is -0.462 e. The fraction of sp³-hybridized carbons (Fsp3) is 0.500. The summed E-state index contributed by atoms with van der Waals surface area (Å²) in [6.07, 6.45) is 1.61. The Balaban J connectivity index is 2.12. The predicted octanol–water partition coefficient (Wildman–Crippen LogP) is 2.96. The minimum absolute atomic E-state index is 0.0342. The summed E-state index contributed by atoms with van der Waals surface area (Å²) in [6.45, 7) is 8.07. The minimum atomic E-state index is -0.346. The molecule has 1 saturated heterocycles. The van der Waals surface area contributed by atoms with Gasteiger partial charge < -0.3 is 19.1 Å². The first-order valence-electron chi connectivity index (χ1n) is 8.99. The summed E-state index contributed by atoms with van der Waals surface area (Å²) in [6, 6.07) is 6.09. The van der Waals surface area contributed by atoms with Crippen molar-refractivity contribution in [2.45, 2.75) is 33.0 Å². The van der Waals surface area contributed by atoms with Gasteiger partial charge in [-0.05, 0) is 32.9 Å². The number of anilines is 1. The number of methoxy groups -OCH3 is 1. The molecule has 2 heterocycles. The molecular weight excluding hydrogens is 332 g/mol. The summed E-state index contributed by atoms with van der Waals surface area (Å²) < 4.78 is 16.5. The first-order valence-corrected chi connectivity index (χ1v) is 8.99. The third-order valence-corrected chi connectivity index (χ3v) is 4.49. The maximum absolute atomic E-state index is 12.6. The van der Waals surface area contributed by atoms with E-state index in [2.05, 4.69) is 16.0 Å². The fourth-order valence-electron chi connectivity index (χ4n) is 3.50. The van der Waals surface area contributed by atoms with Crippen molar-refractivity contribution >= 4 is 22.6 Å². The highest BCUT2D eigenvalue weighted by molar-refractivity contribution is 6.05. The van der Waals surface area contributed by atoms with Crippen molar-refractivity contribution in [3.63, 3.8) is 0 Å². The highest BCUT2D eigenvalue weighted by atomic mass is 16.5. The van der Waals surface area contributed by atoms with Crippen LogP contribution in [0.2, 0.25) is 0 Å². The molecule has 1 aliphatic heterocycles. The largest absolute Gasteiger partial charge is 0.462 e. The number of rotatable bonds is 5. The number of morpholine rings is 1. The quantitative estimate of drug-likeness (QED) is 0.766. The van der Waals surface area contributed by atoms with E-state index < -0.39 is 0 Å². The lowest BCUT2D eigenvalue weighted by Gasteiger charge is -2.39. The van der Waals surface area contributed by atoms with Crippen molar-refractivity contribution in [3.05, 3.63) is 35.5 Å². The molecule has 140 valence electrons. The number of benzene rings is 1. The lowest BCUT2D eigenvalue weighted by atomic mass is 10.0. The number of hydrogen-bond acceptors (Lipinski definition) is 6. The summed E-state index contributed by atoms with van der Waals surface area (Å²) >= 11 is 0. The number of carbonyl (C=O) groups excluding carboxylic acids is 1. The van der Waals surface area contributed by atoms with Gasteiger partial charge >= 0.3 is 5.97 Å². The zero-order valence-electron chi connectivity index (χ0n) is 15.8. The van der Waals surface area contributed by atoms with E-state index in [-0.39, 0.29) is 18.2 Å². The average Bonchev–Trinajstić information content (AvgIpc) is 2.60. The van der Waals surface area contributed by atoms with Crippen LogP contribution in [0.4, 0.5) is 5.69 Å². The van der Waals surface area contributed by atoms with E-state index in [1.165, 1.54) is 0 Å². The zero-order chi connectivity index (χ0) is 18.7. The smallest absolute Gasteiger partial charge is 0.341 e. The summed E-state index contributed by atoms with van der Waals surface area (Å²) in [7, 11) is 1.67. The van der Waals surface area contributed by atoms with Gasteiger partial charge in [-0.3, -0.25) is 4.98 Å². The third-order valence-electron chi connectivity index (χ3n) is 4.49. The Morgan fingerprint density at radius 3 is 2.92 bits per heavy atom. The van der Waals surface area contributed by atoms with E-state index in [0.29, 0.717) is 31.9 Å². The number of hydrogen-bond donors (Lipinski definition) is 0. The van der Waals surface area contributed by atoms with Gasteiger partial charge in [0.15, 0.2) is 0 Å². The molecule has 0 radical (unpaired) electrons. The molecule has 1 fully saturated rings. The van der Waals surface area contributed by atoms with Gasteiger partial charge in [0, 0.05) is 31.8 Å². The molecule has 0 amide bonds. The van der Waals surface area contributed by atoms with E-state index >= 15 is 0 Å². The first-order chi connectivity index (χ1) is 12.5. The molecule has 0 aliphatic carbocycles. The molecule has 0 spiro atoms. The van der Waals surface area contributed by atoms with E-state index in [4.69, 9.17) is 14.2 Å². The SMILES string of the molecule is CCOC(=O)c1cnc2ccc(C)cc2c1N1CC(C)OC(COC)C1. The van der Waals surface area contributed by atoms with Crippen LogP contribution in [0.25, 0.3) is 10.9 Å². The summed E-state index contributed by atoms with van der Waals surface area (Å²) in [5, 5.41) is 0.959. The fourth-order valence-corrected chi connectivity index (χ4v) is 3.50. The summed E-state index contributed by atoms with van der Waals surface area (Å²) in [4.78, 5) is 19.3. The number of carbonyl (C=O) groups is 1. The molecule has 2 atom stereocenters. The van der Waals surface area contributed by atoms with Crippen molar-refractivity contribution in [2.75, 3.05) is 38.3 Å². The highest BCUT2D eigenvalue weighted by Crippen LogP contribution is 2.33. The molecule has 0 saturated carbocycles. The normalized spacial score (nSPS) is 20.4. The molecule has 0 bridgehead atoms. The zero-order valence-corrected chi connectivity index (χ0v) is 15.8. The lowest BCUT2D eigenvalue weighted by Crippen LogP contribution is -2.48. The van der Waals surface area contributed by atoms with Gasteiger partial charge in [0.2, 0.25) is 0 Å². The van der Waals surface area contributed by atoms with Crippen LogP contribution in [0.5, 0.6) is 0 Å². The van der Waals surface area contributed by atoms with Crippen LogP contribution in [0.3, 0.4) is 0 Å². The monoisotopic (exact) mass is 358 g/mol. The van der Waals surface area contributed by atoms with Crippen LogP contribution in [0.1, 0.15) is 29.8 Å². The van der Waals surface area contributed by atoms with Gasteiger partial charge in [-0.25, -0.2) is 4.79 Å². The molecular formula is C20H26N2O4. The molecule has 0 N–H and O–H groups in total. The van der Waals surface area contributed by atoms with Gasteiger partial charge in [0.25, 0.3) is 0 Å². The van der Waals surface area contributed by atoms with Crippen LogP contribution < -0.4 is 4.90 Å². The number of aryl methyl sites for hydroxylation is 1. The van der Waals surface area contributed by atoms with Crippen LogP contribution in [-0.2, 0) is 14.2 Å². The Labute approximate surface area is 154 Å². The third kappa shape index (κ3) is 3.81. The molecule has 3 rings (SSSR count). The topological polar surface area (TPSA) is 60.9 Å². The second kappa shape index (κ2) is 8.01. The Morgan fingerprint density at radius 1 is 1.38 bits per heavy atom. The van der Waals surface area contributed by atoms with E-state index in [1.807, 2.05) is 32.9 Å². The van der Waals surface area contributed by atoms with Crippen LogP contribution in [0.15, 0.2) is 24.4 Å².